The van der Waals surface area contributed by atoms with Crippen LogP contribution in [0, 0.1) is 5.92 Å². The molecule has 1 heterocycles. The zero-order valence-electron chi connectivity index (χ0n) is 17.8. The Morgan fingerprint density at radius 3 is 2.60 bits per heavy atom. The molecule has 0 spiro atoms. The lowest BCUT2D eigenvalue weighted by molar-refractivity contribution is -0.122. The number of anilines is 1. The SMILES string of the molecule is COc1ccc2cccc(NC(=O)[C@@H]3CC[C@@H](NC(=O)OC(C)(C)C)[C@H](O)C3)c2n1. The molecule has 1 aromatic heterocycles. The monoisotopic (exact) mass is 415 g/mol. The molecule has 8 nitrogen and oxygen atoms in total. The van der Waals surface area contributed by atoms with Crippen molar-refractivity contribution in [3.05, 3.63) is 30.3 Å². The second-order valence-corrected chi connectivity index (χ2v) is 8.55. The van der Waals surface area contributed by atoms with Gasteiger partial charge in [-0.15, -0.1) is 0 Å². The van der Waals surface area contributed by atoms with Crippen molar-refractivity contribution < 1.29 is 24.2 Å². The number of methoxy groups -OCH3 is 1. The van der Waals surface area contributed by atoms with Crippen molar-refractivity contribution >= 4 is 28.6 Å². The first-order valence-electron chi connectivity index (χ1n) is 10.1. The summed E-state index contributed by atoms with van der Waals surface area (Å²) < 4.78 is 10.4. The summed E-state index contributed by atoms with van der Waals surface area (Å²) in [5.74, 6) is -0.0761. The number of rotatable bonds is 4. The molecule has 3 atom stereocenters. The maximum absolute atomic E-state index is 12.8. The summed E-state index contributed by atoms with van der Waals surface area (Å²) in [6, 6.07) is 8.76. The number of carbonyl (C=O) groups is 2. The van der Waals surface area contributed by atoms with Crippen molar-refractivity contribution in [3.63, 3.8) is 0 Å². The normalized spacial score (nSPS) is 21.7. The molecule has 2 amide bonds. The van der Waals surface area contributed by atoms with Crippen LogP contribution >= 0.6 is 0 Å². The lowest BCUT2D eigenvalue weighted by atomic mass is 9.83. The van der Waals surface area contributed by atoms with Crippen LogP contribution in [0.4, 0.5) is 10.5 Å². The lowest BCUT2D eigenvalue weighted by Crippen LogP contribution is -2.49. The second-order valence-electron chi connectivity index (χ2n) is 8.55. The molecule has 162 valence electrons. The molecule has 1 aliphatic carbocycles. The van der Waals surface area contributed by atoms with E-state index in [0.29, 0.717) is 29.9 Å². The van der Waals surface area contributed by atoms with Crippen LogP contribution < -0.4 is 15.4 Å². The standard InChI is InChI=1S/C22H29N3O5/c1-22(2,3)30-21(28)24-15-10-8-14(12-17(15)26)20(27)23-16-7-5-6-13-9-11-18(29-4)25-19(13)16/h5-7,9,11,14-15,17,26H,8,10,12H2,1-4H3,(H,23,27)(H,24,28)/t14-,15-,17-/m1/s1. The van der Waals surface area contributed by atoms with E-state index in [1.807, 2.05) is 18.2 Å². The van der Waals surface area contributed by atoms with Crippen LogP contribution in [-0.4, -0.2) is 46.9 Å². The molecule has 0 unspecified atom stereocenters. The van der Waals surface area contributed by atoms with E-state index in [2.05, 4.69) is 15.6 Å². The van der Waals surface area contributed by atoms with E-state index in [0.717, 1.165) is 5.39 Å². The smallest absolute Gasteiger partial charge is 0.407 e. The molecule has 0 aliphatic heterocycles. The molecule has 8 heteroatoms. The number of aliphatic hydroxyl groups excluding tert-OH is 1. The molecule has 1 saturated carbocycles. The van der Waals surface area contributed by atoms with E-state index < -0.39 is 23.8 Å². The van der Waals surface area contributed by atoms with E-state index in [1.54, 1.807) is 40.0 Å². The molecule has 3 N–H and O–H groups in total. The highest BCUT2D eigenvalue weighted by Crippen LogP contribution is 2.29. The number of fused-ring (bicyclic) bond motifs is 1. The molecule has 0 radical (unpaired) electrons. The number of ether oxygens (including phenoxy) is 2. The Balaban J connectivity index is 1.63. The third kappa shape index (κ3) is 5.38. The number of amides is 2. The van der Waals surface area contributed by atoms with Gasteiger partial charge >= 0.3 is 6.09 Å². The largest absolute Gasteiger partial charge is 0.481 e. The maximum atomic E-state index is 12.8. The Morgan fingerprint density at radius 1 is 1.17 bits per heavy atom. The van der Waals surface area contributed by atoms with Crippen LogP contribution in [0.15, 0.2) is 30.3 Å². The second kappa shape index (κ2) is 8.87. The minimum atomic E-state index is -0.826. The summed E-state index contributed by atoms with van der Waals surface area (Å²) in [5, 5.41) is 17.0. The number of alkyl carbamates (subject to hydrolysis) is 1. The van der Waals surface area contributed by atoms with E-state index in [-0.39, 0.29) is 18.2 Å². The van der Waals surface area contributed by atoms with Gasteiger partial charge in [-0.25, -0.2) is 9.78 Å². The number of hydrogen-bond donors (Lipinski definition) is 3. The van der Waals surface area contributed by atoms with Gasteiger partial charge in [-0.3, -0.25) is 4.79 Å². The number of carbonyl (C=O) groups excluding carboxylic acids is 2. The number of para-hydroxylation sites is 1. The molecule has 1 aliphatic rings. The molecular weight excluding hydrogens is 386 g/mol. The van der Waals surface area contributed by atoms with Crippen LogP contribution in [0.2, 0.25) is 0 Å². The number of benzene rings is 1. The van der Waals surface area contributed by atoms with Crippen molar-refractivity contribution in [2.75, 3.05) is 12.4 Å². The van der Waals surface area contributed by atoms with E-state index >= 15 is 0 Å². The van der Waals surface area contributed by atoms with Gasteiger partial charge in [-0.05, 0) is 52.2 Å². The molecule has 2 aromatic rings. The fourth-order valence-electron chi connectivity index (χ4n) is 3.59. The third-order valence-corrected chi connectivity index (χ3v) is 5.05. The number of pyridine rings is 1. The average molecular weight is 415 g/mol. The Hall–Kier alpha value is -2.87. The summed E-state index contributed by atoms with van der Waals surface area (Å²) in [6.07, 6.45) is -0.100. The quantitative estimate of drug-likeness (QED) is 0.707. The van der Waals surface area contributed by atoms with Crippen LogP contribution in [0.1, 0.15) is 40.0 Å². The van der Waals surface area contributed by atoms with Gasteiger partial charge in [-0.2, -0.15) is 0 Å². The van der Waals surface area contributed by atoms with Gasteiger partial charge in [0.1, 0.15) is 5.60 Å². The van der Waals surface area contributed by atoms with Crippen molar-refractivity contribution in [1.29, 1.82) is 0 Å². The summed E-state index contributed by atoms with van der Waals surface area (Å²) in [6.45, 7) is 5.34. The highest BCUT2D eigenvalue weighted by atomic mass is 16.6. The first-order valence-corrected chi connectivity index (χ1v) is 10.1. The zero-order chi connectivity index (χ0) is 21.9. The van der Waals surface area contributed by atoms with Crippen molar-refractivity contribution in [3.8, 4) is 5.88 Å². The predicted molar refractivity (Wildman–Crippen MR) is 113 cm³/mol. The number of hydrogen-bond acceptors (Lipinski definition) is 6. The van der Waals surface area contributed by atoms with Gasteiger partial charge in [0, 0.05) is 17.4 Å². The van der Waals surface area contributed by atoms with Gasteiger partial charge < -0.3 is 25.2 Å². The third-order valence-electron chi connectivity index (χ3n) is 5.05. The van der Waals surface area contributed by atoms with Crippen LogP contribution in [0.25, 0.3) is 10.9 Å². The Morgan fingerprint density at radius 2 is 1.93 bits per heavy atom. The highest BCUT2D eigenvalue weighted by molar-refractivity contribution is 6.01. The lowest BCUT2D eigenvalue weighted by Gasteiger charge is -2.33. The fraction of sp³-hybridized carbons (Fsp3) is 0.500. The van der Waals surface area contributed by atoms with Gasteiger partial charge in [0.15, 0.2) is 0 Å². The average Bonchev–Trinajstić information content (AvgIpc) is 2.68. The van der Waals surface area contributed by atoms with Crippen molar-refractivity contribution in [1.82, 2.24) is 10.3 Å². The van der Waals surface area contributed by atoms with Crippen molar-refractivity contribution in [2.45, 2.75) is 57.8 Å². The number of aromatic nitrogens is 1. The number of nitrogens with zero attached hydrogens (tertiary/aromatic N) is 1. The van der Waals surface area contributed by atoms with Crippen LogP contribution in [0.3, 0.4) is 0 Å². The molecular formula is C22H29N3O5. The summed E-state index contributed by atoms with van der Waals surface area (Å²) >= 11 is 0. The molecule has 3 rings (SSSR count). The topological polar surface area (TPSA) is 110 Å². The Labute approximate surface area is 176 Å². The van der Waals surface area contributed by atoms with E-state index in [1.165, 1.54) is 0 Å². The molecule has 0 saturated heterocycles. The Kier molecular flexibility index (Phi) is 6.45. The van der Waals surface area contributed by atoms with Crippen LogP contribution in [-0.2, 0) is 9.53 Å². The van der Waals surface area contributed by atoms with E-state index in [9.17, 15) is 14.7 Å². The molecule has 0 bridgehead atoms. The number of aliphatic hydroxyl groups is 1. The summed E-state index contributed by atoms with van der Waals surface area (Å²) in [4.78, 5) is 29.2. The first kappa shape index (κ1) is 21.8. The highest BCUT2D eigenvalue weighted by Gasteiger charge is 2.34. The minimum absolute atomic E-state index is 0.179. The van der Waals surface area contributed by atoms with Crippen LogP contribution in [0.5, 0.6) is 5.88 Å². The van der Waals surface area contributed by atoms with Gasteiger partial charge in [0.25, 0.3) is 0 Å². The molecule has 1 fully saturated rings. The molecule has 1 aromatic carbocycles. The number of nitrogens with one attached hydrogen (secondary N) is 2. The van der Waals surface area contributed by atoms with Gasteiger partial charge in [-0.1, -0.05) is 12.1 Å². The fourth-order valence-corrected chi connectivity index (χ4v) is 3.59. The maximum Gasteiger partial charge on any atom is 0.407 e. The summed E-state index contributed by atoms with van der Waals surface area (Å²) in [5.41, 5.74) is 0.632. The van der Waals surface area contributed by atoms with Gasteiger partial charge in [0.2, 0.25) is 11.8 Å². The zero-order valence-corrected chi connectivity index (χ0v) is 17.8. The summed E-state index contributed by atoms with van der Waals surface area (Å²) in [7, 11) is 1.54. The predicted octanol–water partition coefficient (Wildman–Crippen LogP) is 3.24. The molecule has 30 heavy (non-hydrogen) atoms. The van der Waals surface area contributed by atoms with E-state index in [4.69, 9.17) is 9.47 Å². The van der Waals surface area contributed by atoms with Gasteiger partial charge in [0.05, 0.1) is 30.5 Å². The Bertz CT molecular complexity index is 925. The minimum Gasteiger partial charge on any atom is -0.481 e. The first-order chi connectivity index (χ1) is 14.2. The van der Waals surface area contributed by atoms with Crippen molar-refractivity contribution in [2.24, 2.45) is 5.92 Å².